The molecule has 4 aromatic rings. The predicted molar refractivity (Wildman–Crippen MR) is 141 cm³/mol. The quantitative estimate of drug-likeness (QED) is 0.193. The minimum Gasteiger partial charge on any atom is -0.493 e. The fraction of sp³-hybridized carbons (Fsp3) is 0.200. The van der Waals surface area contributed by atoms with E-state index < -0.39 is 17.6 Å². The lowest BCUT2D eigenvalue weighted by molar-refractivity contribution is -0.134. The molecule has 13 heteroatoms. The van der Waals surface area contributed by atoms with Crippen LogP contribution in [0.1, 0.15) is 35.4 Å². The van der Waals surface area contributed by atoms with Gasteiger partial charge in [0, 0.05) is 41.9 Å². The van der Waals surface area contributed by atoms with Crippen LogP contribution in [0.4, 0.5) is 0 Å². The number of hydrogen-bond acceptors (Lipinski definition) is 8. The van der Waals surface area contributed by atoms with Crippen molar-refractivity contribution in [3.8, 4) is 17.4 Å². The Hall–Kier alpha value is -4.71. The van der Waals surface area contributed by atoms with Gasteiger partial charge in [-0.2, -0.15) is 0 Å². The fourth-order valence-corrected chi connectivity index (χ4v) is 3.87. The molecule has 0 amide bonds. The molecule has 5 N–H and O–H groups in total. The van der Waals surface area contributed by atoms with Gasteiger partial charge in [-0.15, -0.1) is 9.78 Å². The first-order valence-electron chi connectivity index (χ1n) is 11.2. The molecule has 38 heavy (non-hydrogen) atoms. The summed E-state index contributed by atoms with van der Waals surface area (Å²) in [7, 11) is 3.06. The molecule has 198 valence electrons. The largest absolute Gasteiger partial charge is 0.493 e. The van der Waals surface area contributed by atoms with Crippen molar-refractivity contribution in [1.29, 1.82) is 5.41 Å². The number of aromatic nitrogens is 5. The maximum atomic E-state index is 12.7. The van der Waals surface area contributed by atoms with Gasteiger partial charge in [0.2, 0.25) is 0 Å². The van der Waals surface area contributed by atoms with Crippen molar-refractivity contribution < 1.29 is 19.4 Å². The van der Waals surface area contributed by atoms with Crippen LogP contribution in [0.15, 0.2) is 59.7 Å². The van der Waals surface area contributed by atoms with Crippen molar-refractivity contribution in [2.24, 2.45) is 5.73 Å². The van der Waals surface area contributed by atoms with Gasteiger partial charge >= 0.3 is 5.69 Å². The van der Waals surface area contributed by atoms with E-state index in [9.17, 15) is 4.79 Å². The molecule has 0 aliphatic carbocycles. The van der Waals surface area contributed by atoms with Crippen molar-refractivity contribution in [1.82, 2.24) is 24.7 Å². The molecule has 4 rings (SSSR count). The second-order valence-corrected chi connectivity index (χ2v) is 8.30. The van der Waals surface area contributed by atoms with Crippen LogP contribution in [0.5, 0.6) is 11.5 Å². The predicted octanol–water partition coefficient (Wildman–Crippen LogP) is 2.77. The van der Waals surface area contributed by atoms with Gasteiger partial charge in [0.05, 0.1) is 14.2 Å². The number of aliphatic carboxylic acids is 1. The third kappa shape index (κ3) is 6.73. The number of rotatable bonds is 8. The molecular formula is C25H26ClN7O5. The monoisotopic (exact) mass is 539 g/mol. The van der Waals surface area contributed by atoms with E-state index in [4.69, 9.17) is 42.1 Å². The number of hydrogen-bond donors (Lipinski definition) is 4. The molecule has 0 aliphatic rings. The first-order chi connectivity index (χ1) is 18.1. The van der Waals surface area contributed by atoms with Crippen LogP contribution in [0.3, 0.4) is 0 Å². The number of benzene rings is 2. The molecule has 0 bridgehead atoms. The van der Waals surface area contributed by atoms with Crippen molar-refractivity contribution in [2.75, 3.05) is 14.2 Å². The number of nitrogen functional groups attached to an aromatic ring is 1. The van der Waals surface area contributed by atoms with E-state index >= 15 is 0 Å². The van der Waals surface area contributed by atoms with Crippen molar-refractivity contribution >= 4 is 23.4 Å². The van der Waals surface area contributed by atoms with Crippen LogP contribution in [-0.4, -0.2) is 55.9 Å². The lowest BCUT2D eigenvalue weighted by Crippen LogP contribution is -2.18. The highest BCUT2D eigenvalue weighted by Crippen LogP contribution is 2.39. The number of aromatic amines is 1. The second-order valence-electron chi connectivity index (χ2n) is 7.89. The van der Waals surface area contributed by atoms with Gasteiger partial charge < -0.3 is 20.3 Å². The van der Waals surface area contributed by atoms with Gasteiger partial charge in [0.15, 0.2) is 11.5 Å². The normalized spacial score (nSPS) is 11.2. The molecule has 0 saturated heterocycles. The van der Waals surface area contributed by atoms with Crippen LogP contribution < -0.4 is 20.9 Å². The topological polar surface area (TPSA) is 182 Å². The van der Waals surface area contributed by atoms with Crippen LogP contribution in [-0.2, 0) is 11.2 Å². The van der Waals surface area contributed by atoms with E-state index in [1.165, 1.54) is 26.6 Å². The summed E-state index contributed by atoms with van der Waals surface area (Å²) >= 11 is 6.65. The molecular weight excluding hydrogens is 514 g/mol. The summed E-state index contributed by atoms with van der Waals surface area (Å²) in [5, 5.41) is 19.9. The summed E-state index contributed by atoms with van der Waals surface area (Å²) in [6.07, 6.45) is 3.50. The molecule has 2 aromatic heterocycles. The van der Waals surface area contributed by atoms with Crippen LogP contribution >= 0.6 is 11.6 Å². The number of ether oxygens (including phenoxy) is 2. The molecule has 2 heterocycles. The third-order valence-electron chi connectivity index (χ3n) is 5.29. The zero-order chi connectivity index (χ0) is 27.8. The number of carboxylic acids is 1. The average Bonchev–Trinajstić information content (AvgIpc) is 3.29. The Morgan fingerprint density at radius 1 is 1.16 bits per heavy atom. The van der Waals surface area contributed by atoms with E-state index in [1.54, 1.807) is 30.3 Å². The minimum atomic E-state index is -0.833. The molecule has 1 atom stereocenters. The standard InChI is InChI=1S/C23H22ClN7O3.C2H4O2/c1-33-18-11-15(17(24)12-19(18)34-2)16(10-13-4-6-14(7-5-13)20(25)26)21-29-23(32)31(30-21)22-27-8-3-9-28-22;1-2(3)4/h3-9,11-12,16H,10H2,1-2H3,(H3,25,26)(H,29,30,32);1H3,(H,3,4). The Morgan fingerprint density at radius 3 is 2.29 bits per heavy atom. The molecule has 2 aromatic carbocycles. The number of carboxylic acid groups (broad SMARTS) is 1. The van der Waals surface area contributed by atoms with Gasteiger partial charge in [-0.05, 0) is 29.7 Å². The molecule has 0 spiro atoms. The van der Waals surface area contributed by atoms with Crippen LogP contribution in [0.2, 0.25) is 5.02 Å². The summed E-state index contributed by atoms with van der Waals surface area (Å²) in [6.45, 7) is 1.08. The molecule has 1 unspecified atom stereocenters. The van der Waals surface area contributed by atoms with Gasteiger partial charge in [-0.25, -0.2) is 14.8 Å². The number of nitrogens with two attached hydrogens (primary N) is 1. The molecule has 0 saturated carbocycles. The Bertz CT molecular complexity index is 1470. The number of H-pyrrole nitrogens is 1. The molecule has 0 aliphatic heterocycles. The van der Waals surface area contributed by atoms with E-state index in [-0.39, 0.29) is 11.8 Å². The number of carbonyl (C=O) groups is 1. The van der Waals surface area contributed by atoms with Gasteiger partial charge in [0.1, 0.15) is 11.7 Å². The first kappa shape index (κ1) is 27.9. The van der Waals surface area contributed by atoms with E-state index in [0.29, 0.717) is 39.9 Å². The summed E-state index contributed by atoms with van der Waals surface area (Å²) in [4.78, 5) is 32.7. The van der Waals surface area contributed by atoms with Gasteiger partial charge in [0.25, 0.3) is 11.9 Å². The fourth-order valence-electron chi connectivity index (χ4n) is 3.58. The van der Waals surface area contributed by atoms with Gasteiger partial charge in [-0.3, -0.25) is 15.2 Å². The maximum absolute atomic E-state index is 12.7. The zero-order valence-corrected chi connectivity index (χ0v) is 21.6. The highest BCUT2D eigenvalue weighted by atomic mass is 35.5. The molecule has 12 nitrogen and oxygen atoms in total. The molecule has 0 radical (unpaired) electrons. The minimum absolute atomic E-state index is 0.0167. The van der Waals surface area contributed by atoms with E-state index in [1.807, 2.05) is 12.1 Å². The Balaban J connectivity index is 0.000000934. The Kier molecular flexibility index (Phi) is 9.17. The second kappa shape index (κ2) is 12.5. The summed E-state index contributed by atoms with van der Waals surface area (Å²) in [5.41, 5.74) is 7.32. The van der Waals surface area contributed by atoms with Crippen molar-refractivity contribution in [3.05, 3.63) is 92.9 Å². The summed E-state index contributed by atoms with van der Waals surface area (Å²) in [6, 6.07) is 12.4. The Morgan fingerprint density at radius 2 is 1.74 bits per heavy atom. The molecule has 0 fully saturated rings. The number of methoxy groups -OCH3 is 2. The Labute approximate surface area is 222 Å². The van der Waals surface area contributed by atoms with Crippen LogP contribution in [0, 0.1) is 5.41 Å². The summed E-state index contributed by atoms with van der Waals surface area (Å²) in [5.74, 6) is 0.204. The summed E-state index contributed by atoms with van der Waals surface area (Å²) < 4.78 is 11.9. The highest BCUT2D eigenvalue weighted by Gasteiger charge is 2.25. The number of nitrogens with one attached hydrogen (secondary N) is 2. The number of nitrogens with zero attached hydrogens (tertiary/aromatic N) is 4. The SMILES string of the molecule is CC(=O)O.COc1cc(Cl)c(C(Cc2ccc(C(=N)N)cc2)c2nn(-c3ncccn3)c(=O)[nH]2)cc1OC. The highest BCUT2D eigenvalue weighted by molar-refractivity contribution is 6.31. The third-order valence-corrected chi connectivity index (χ3v) is 5.62. The van der Waals surface area contributed by atoms with Crippen molar-refractivity contribution in [3.63, 3.8) is 0 Å². The number of halogens is 1. The van der Waals surface area contributed by atoms with E-state index in [0.717, 1.165) is 17.2 Å². The lowest BCUT2D eigenvalue weighted by atomic mass is 9.90. The van der Waals surface area contributed by atoms with E-state index in [2.05, 4.69) is 20.1 Å². The zero-order valence-electron chi connectivity index (χ0n) is 20.8. The maximum Gasteiger partial charge on any atom is 0.350 e. The van der Waals surface area contributed by atoms with Crippen molar-refractivity contribution in [2.45, 2.75) is 19.3 Å². The first-order valence-corrected chi connectivity index (χ1v) is 11.5. The smallest absolute Gasteiger partial charge is 0.350 e. The van der Waals surface area contributed by atoms with Crippen LogP contribution in [0.25, 0.3) is 5.95 Å². The lowest BCUT2D eigenvalue weighted by Gasteiger charge is -2.19. The average molecular weight is 540 g/mol. The number of amidine groups is 1. The van der Waals surface area contributed by atoms with Gasteiger partial charge in [-0.1, -0.05) is 35.9 Å².